The zero-order chi connectivity index (χ0) is 25.5. The van der Waals surface area contributed by atoms with Crippen LogP contribution in [-0.4, -0.2) is 48.5 Å². The summed E-state index contributed by atoms with van der Waals surface area (Å²) < 4.78 is 33.0. The van der Waals surface area contributed by atoms with Crippen molar-refractivity contribution in [2.45, 2.75) is 97.8 Å². The van der Waals surface area contributed by atoms with E-state index in [1.807, 2.05) is 6.92 Å². The van der Waals surface area contributed by atoms with Gasteiger partial charge in [-0.05, 0) is 50.0 Å². The predicted octanol–water partition coefficient (Wildman–Crippen LogP) is 6.73. The number of carbonyl (C=O) groups is 1. The maximum absolute atomic E-state index is 13.7. The van der Waals surface area contributed by atoms with Crippen LogP contribution in [0.25, 0.3) is 0 Å². The van der Waals surface area contributed by atoms with Crippen LogP contribution in [0.15, 0.2) is 29.2 Å². The molecule has 2 atom stereocenters. The molecule has 1 saturated carbocycles. The highest BCUT2D eigenvalue weighted by molar-refractivity contribution is 8.01. The van der Waals surface area contributed by atoms with Crippen molar-refractivity contribution in [2.75, 3.05) is 6.61 Å². The number of thioether (sulfide) groups is 1. The van der Waals surface area contributed by atoms with E-state index in [9.17, 15) is 13.2 Å². The molecule has 34 heavy (non-hydrogen) atoms. The molecule has 0 aromatic heterocycles. The summed E-state index contributed by atoms with van der Waals surface area (Å²) in [7, 11) is -6.32. The van der Waals surface area contributed by atoms with Gasteiger partial charge in [-0.2, -0.15) is 0 Å². The van der Waals surface area contributed by atoms with Gasteiger partial charge in [0.2, 0.25) is 4.33 Å². The number of nitrogens with zero attached hydrogens (tertiary/aromatic N) is 1. The molecular formula is C24H37Cl2NO4S2Si. The number of benzene rings is 1. The Morgan fingerprint density at radius 3 is 2.21 bits per heavy atom. The summed E-state index contributed by atoms with van der Waals surface area (Å²) in [5, 5.41) is -0.516. The fourth-order valence-electron chi connectivity index (χ4n) is 4.08. The lowest BCUT2D eigenvalue weighted by atomic mass is 10.0. The molecule has 0 radical (unpaired) electrons. The van der Waals surface area contributed by atoms with Gasteiger partial charge in [-0.3, -0.25) is 4.79 Å². The van der Waals surface area contributed by atoms with Gasteiger partial charge in [0.05, 0.1) is 10.8 Å². The van der Waals surface area contributed by atoms with Crippen LogP contribution >= 0.6 is 35.0 Å². The maximum atomic E-state index is 13.7. The van der Waals surface area contributed by atoms with Crippen molar-refractivity contribution in [3.63, 3.8) is 0 Å². The Kier molecular flexibility index (Phi) is 8.54. The van der Waals surface area contributed by atoms with E-state index in [2.05, 4.69) is 33.9 Å². The van der Waals surface area contributed by atoms with Crippen LogP contribution in [0.5, 0.6) is 0 Å². The van der Waals surface area contributed by atoms with Crippen molar-refractivity contribution in [2.24, 2.45) is 5.92 Å². The van der Waals surface area contributed by atoms with Gasteiger partial charge in [0.25, 0.3) is 15.9 Å². The highest BCUT2D eigenvalue weighted by atomic mass is 35.5. The van der Waals surface area contributed by atoms with E-state index >= 15 is 0 Å². The molecule has 2 fully saturated rings. The molecule has 3 rings (SSSR count). The summed E-state index contributed by atoms with van der Waals surface area (Å²) in [6.45, 7) is 12.7. The molecule has 1 aliphatic heterocycles. The van der Waals surface area contributed by atoms with Crippen molar-refractivity contribution in [3.05, 3.63) is 29.8 Å². The number of sulfonamides is 1. The fraction of sp³-hybridized carbons (Fsp3) is 0.708. The highest BCUT2D eigenvalue weighted by Crippen LogP contribution is 2.52. The van der Waals surface area contributed by atoms with Gasteiger partial charge in [0, 0.05) is 11.9 Å². The molecule has 10 heteroatoms. The lowest BCUT2D eigenvalue weighted by Gasteiger charge is -2.38. The number of alkyl halides is 2. The molecule has 5 nitrogen and oxygen atoms in total. The first kappa shape index (κ1) is 28.3. The summed E-state index contributed by atoms with van der Waals surface area (Å²) >= 11 is 14.9. The van der Waals surface area contributed by atoms with Gasteiger partial charge in [0.1, 0.15) is 5.37 Å². The Morgan fingerprint density at radius 1 is 1.12 bits per heavy atom. The van der Waals surface area contributed by atoms with Crippen LogP contribution in [0.4, 0.5) is 0 Å². The number of carbonyl (C=O) groups excluding carboxylic acids is 1. The first-order chi connectivity index (χ1) is 15.6. The van der Waals surface area contributed by atoms with Gasteiger partial charge >= 0.3 is 0 Å². The van der Waals surface area contributed by atoms with Crippen LogP contribution in [0.2, 0.25) is 18.1 Å². The van der Waals surface area contributed by atoms with Crippen LogP contribution in [0.1, 0.15) is 58.4 Å². The van der Waals surface area contributed by atoms with Gasteiger partial charge in [0.15, 0.2) is 8.32 Å². The van der Waals surface area contributed by atoms with Crippen molar-refractivity contribution >= 4 is 59.2 Å². The Labute approximate surface area is 220 Å². The monoisotopic (exact) mass is 565 g/mol. The molecule has 1 aromatic rings. The fourth-order valence-corrected chi connectivity index (χ4v) is 9.57. The molecule has 1 aliphatic carbocycles. The highest BCUT2D eigenvalue weighted by Gasteiger charge is 2.62. The minimum Gasteiger partial charge on any atom is -0.416 e. The van der Waals surface area contributed by atoms with Crippen molar-refractivity contribution in [1.29, 1.82) is 0 Å². The Hall–Kier alpha value is -0.253. The summed E-state index contributed by atoms with van der Waals surface area (Å²) in [6.07, 6.45) is 5.35. The molecule has 0 spiro atoms. The first-order valence-electron chi connectivity index (χ1n) is 11.9. The number of hydrogen-bond acceptors (Lipinski definition) is 5. The molecule has 1 saturated heterocycles. The second kappa shape index (κ2) is 10.2. The Balaban J connectivity index is 2.01. The van der Waals surface area contributed by atoms with Gasteiger partial charge in [-0.1, -0.05) is 80.9 Å². The van der Waals surface area contributed by atoms with E-state index in [1.165, 1.54) is 30.3 Å². The van der Waals surface area contributed by atoms with Crippen molar-refractivity contribution in [3.8, 4) is 0 Å². The zero-order valence-corrected chi connectivity index (χ0v) is 25.1. The standard InChI is InChI=1S/C24H37Cl2NO4S2Si/c1-17-12-14-19(15-13-17)33(29,30)27-21(32-18-10-8-7-9-11-18)20(24(25,26)22(27)28)16-31-34(5,6)23(2,3)4/h12-15,18,20-21H,7-11,16H2,1-6H3/t20-,21-/m1/s1. The Morgan fingerprint density at radius 2 is 1.68 bits per heavy atom. The van der Waals surface area contributed by atoms with E-state index in [0.29, 0.717) is 0 Å². The van der Waals surface area contributed by atoms with E-state index < -0.39 is 39.9 Å². The third-order valence-corrected chi connectivity index (χ3v) is 16.4. The first-order valence-corrected chi connectivity index (χ1v) is 18.0. The minimum absolute atomic E-state index is 0.0451. The molecule has 2 aliphatic rings. The van der Waals surface area contributed by atoms with E-state index in [-0.39, 0.29) is 21.8 Å². The molecule has 0 unspecified atom stereocenters. The molecule has 192 valence electrons. The molecule has 1 heterocycles. The number of halogens is 2. The molecule has 0 bridgehead atoms. The molecule has 0 N–H and O–H groups in total. The van der Waals surface area contributed by atoms with Crippen molar-refractivity contribution in [1.82, 2.24) is 4.31 Å². The maximum Gasteiger partial charge on any atom is 0.274 e. The zero-order valence-electron chi connectivity index (χ0n) is 20.9. The molecule has 1 aromatic carbocycles. The second-order valence-corrected chi connectivity index (χ2v) is 20.4. The normalized spacial score (nSPS) is 24.6. The molecular weight excluding hydrogens is 529 g/mol. The van der Waals surface area contributed by atoms with Gasteiger partial charge < -0.3 is 4.43 Å². The predicted molar refractivity (Wildman–Crippen MR) is 145 cm³/mol. The average molecular weight is 567 g/mol. The van der Waals surface area contributed by atoms with E-state index in [1.54, 1.807) is 12.1 Å². The smallest absolute Gasteiger partial charge is 0.274 e. The van der Waals surface area contributed by atoms with Crippen LogP contribution in [0, 0.1) is 12.8 Å². The van der Waals surface area contributed by atoms with Crippen LogP contribution in [-0.2, 0) is 19.2 Å². The third-order valence-electron chi connectivity index (χ3n) is 7.42. The molecule has 1 amide bonds. The van der Waals surface area contributed by atoms with Gasteiger partial charge in [-0.15, -0.1) is 11.8 Å². The minimum atomic E-state index is -4.14. The van der Waals surface area contributed by atoms with Crippen LogP contribution in [0.3, 0.4) is 0 Å². The number of rotatable bonds is 7. The summed E-state index contributed by atoms with van der Waals surface area (Å²) in [6, 6.07) is 6.51. The lowest BCUT2D eigenvalue weighted by Crippen LogP contribution is -2.45. The second-order valence-electron chi connectivity index (χ2n) is 11.0. The third kappa shape index (κ3) is 5.67. The van der Waals surface area contributed by atoms with Crippen molar-refractivity contribution < 1.29 is 17.6 Å². The average Bonchev–Trinajstić information content (AvgIpc) is 2.92. The van der Waals surface area contributed by atoms with E-state index in [4.69, 9.17) is 27.6 Å². The number of aryl methyl sites for hydroxylation is 1. The van der Waals surface area contributed by atoms with Crippen LogP contribution < -0.4 is 0 Å². The summed E-state index contributed by atoms with van der Waals surface area (Å²) in [4.78, 5) is 13.6. The lowest BCUT2D eigenvalue weighted by molar-refractivity contribution is -0.124. The topological polar surface area (TPSA) is 63.7 Å². The largest absolute Gasteiger partial charge is 0.416 e. The Bertz CT molecular complexity index is 987. The number of amides is 1. The summed E-state index contributed by atoms with van der Waals surface area (Å²) in [5.41, 5.74) is 0.935. The number of hydrogen-bond donors (Lipinski definition) is 0. The van der Waals surface area contributed by atoms with E-state index in [0.717, 1.165) is 35.6 Å². The summed E-state index contributed by atoms with van der Waals surface area (Å²) in [5.74, 6) is -1.46. The SMILES string of the molecule is Cc1ccc(S(=O)(=O)N2C(=O)C(Cl)(Cl)[C@H](CO[Si](C)(C)C(C)(C)C)[C@H]2SC2CCCCC2)cc1. The quantitative estimate of drug-likeness (QED) is 0.271. The van der Waals surface area contributed by atoms with Gasteiger partial charge in [-0.25, -0.2) is 12.7 Å².